The number of anilines is 2. The van der Waals surface area contributed by atoms with Crippen molar-refractivity contribution in [3.8, 4) is 5.75 Å². The first-order chi connectivity index (χ1) is 9.96. The molecule has 0 unspecified atom stereocenters. The second-order valence-corrected chi connectivity index (χ2v) is 6.59. The molecule has 0 aromatic heterocycles. The van der Waals surface area contributed by atoms with Gasteiger partial charge in [0.25, 0.3) is 0 Å². The SMILES string of the molecule is Nc1ccccc1OCCS(=O)(=O)Nc1ccc(Cl)cc1. The maximum atomic E-state index is 11.9. The average molecular weight is 327 g/mol. The Bertz CT molecular complexity index is 702. The summed E-state index contributed by atoms with van der Waals surface area (Å²) in [5, 5.41) is 0.542. The first-order valence-corrected chi connectivity index (χ1v) is 8.23. The van der Waals surface area contributed by atoms with Gasteiger partial charge in [-0.25, -0.2) is 8.42 Å². The van der Waals surface area contributed by atoms with E-state index in [4.69, 9.17) is 22.1 Å². The number of hydrogen-bond acceptors (Lipinski definition) is 4. The first kappa shape index (κ1) is 15.5. The number of nitrogens with two attached hydrogens (primary N) is 1. The molecule has 0 aliphatic heterocycles. The Morgan fingerprint density at radius 1 is 1.10 bits per heavy atom. The zero-order valence-electron chi connectivity index (χ0n) is 11.1. The molecule has 0 heterocycles. The molecule has 0 bridgehead atoms. The molecular formula is C14H15ClN2O3S. The monoisotopic (exact) mass is 326 g/mol. The predicted molar refractivity (Wildman–Crippen MR) is 85.2 cm³/mol. The van der Waals surface area contributed by atoms with Gasteiger partial charge in [-0.15, -0.1) is 0 Å². The molecule has 112 valence electrons. The lowest BCUT2D eigenvalue weighted by Gasteiger charge is -2.10. The van der Waals surface area contributed by atoms with Crippen molar-refractivity contribution in [2.45, 2.75) is 0 Å². The van der Waals surface area contributed by atoms with Gasteiger partial charge in [-0.05, 0) is 36.4 Å². The van der Waals surface area contributed by atoms with E-state index in [-0.39, 0.29) is 12.4 Å². The maximum Gasteiger partial charge on any atom is 0.236 e. The van der Waals surface area contributed by atoms with Gasteiger partial charge in [0.15, 0.2) is 0 Å². The number of halogens is 1. The van der Waals surface area contributed by atoms with Crippen LogP contribution in [-0.4, -0.2) is 20.8 Å². The van der Waals surface area contributed by atoms with Gasteiger partial charge >= 0.3 is 0 Å². The molecule has 0 atom stereocenters. The molecule has 0 aliphatic rings. The van der Waals surface area contributed by atoms with E-state index in [9.17, 15) is 8.42 Å². The average Bonchev–Trinajstić information content (AvgIpc) is 2.43. The van der Waals surface area contributed by atoms with E-state index in [1.165, 1.54) is 0 Å². The minimum atomic E-state index is -3.49. The van der Waals surface area contributed by atoms with Crippen LogP contribution in [0.5, 0.6) is 5.75 Å². The predicted octanol–water partition coefficient (Wildman–Crippen LogP) is 2.74. The van der Waals surface area contributed by atoms with Crippen LogP contribution in [0.1, 0.15) is 0 Å². The minimum absolute atomic E-state index is 0.0110. The molecule has 0 saturated heterocycles. The second-order valence-electron chi connectivity index (χ2n) is 4.31. The van der Waals surface area contributed by atoms with Crippen molar-refractivity contribution < 1.29 is 13.2 Å². The quantitative estimate of drug-likeness (QED) is 0.800. The van der Waals surface area contributed by atoms with E-state index in [1.807, 2.05) is 0 Å². The largest absolute Gasteiger partial charge is 0.490 e. The summed E-state index contributed by atoms with van der Waals surface area (Å²) in [5.41, 5.74) is 6.64. The van der Waals surface area contributed by atoms with Crippen molar-refractivity contribution in [1.29, 1.82) is 0 Å². The summed E-state index contributed by atoms with van der Waals surface area (Å²) < 4.78 is 31.6. The van der Waals surface area contributed by atoms with E-state index in [0.717, 1.165) is 0 Å². The maximum absolute atomic E-state index is 11.9. The van der Waals surface area contributed by atoms with E-state index in [0.29, 0.717) is 22.1 Å². The molecule has 0 radical (unpaired) electrons. The molecule has 0 saturated carbocycles. The lowest BCUT2D eigenvalue weighted by Crippen LogP contribution is -2.21. The second kappa shape index (κ2) is 6.69. The Hall–Kier alpha value is -1.92. The van der Waals surface area contributed by atoms with Gasteiger partial charge in [0, 0.05) is 10.7 Å². The number of para-hydroxylation sites is 2. The third kappa shape index (κ3) is 4.84. The van der Waals surface area contributed by atoms with Gasteiger partial charge in [-0.2, -0.15) is 0 Å². The fraction of sp³-hybridized carbons (Fsp3) is 0.143. The normalized spacial score (nSPS) is 11.1. The van der Waals surface area contributed by atoms with Gasteiger partial charge in [0.05, 0.1) is 5.69 Å². The molecule has 3 N–H and O–H groups in total. The molecular weight excluding hydrogens is 312 g/mol. The van der Waals surface area contributed by atoms with Crippen molar-refractivity contribution in [2.24, 2.45) is 0 Å². The highest BCUT2D eigenvalue weighted by Crippen LogP contribution is 2.20. The smallest absolute Gasteiger partial charge is 0.236 e. The molecule has 2 rings (SSSR count). The number of sulfonamides is 1. The molecule has 0 spiro atoms. The highest BCUT2D eigenvalue weighted by molar-refractivity contribution is 7.92. The van der Waals surface area contributed by atoms with Gasteiger partial charge in [-0.1, -0.05) is 23.7 Å². The van der Waals surface area contributed by atoms with Crippen LogP contribution in [0.25, 0.3) is 0 Å². The van der Waals surface area contributed by atoms with Crippen LogP contribution in [0.4, 0.5) is 11.4 Å². The number of ether oxygens (including phenoxy) is 1. The Labute approximate surface area is 128 Å². The van der Waals surface area contributed by atoms with Crippen LogP contribution in [0.2, 0.25) is 5.02 Å². The Kier molecular flexibility index (Phi) is 4.93. The third-order valence-electron chi connectivity index (χ3n) is 2.65. The van der Waals surface area contributed by atoms with Crippen LogP contribution >= 0.6 is 11.6 Å². The molecule has 2 aromatic carbocycles. The summed E-state index contributed by atoms with van der Waals surface area (Å²) in [7, 11) is -3.49. The summed E-state index contributed by atoms with van der Waals surface area (Å²) >= 11 is 5.74. The van der Waals surface area contributed by atoms with Crippen LogP contribution in [0.3, 0.4) is 0 Å². The van der Waals surface area contributed by atoms with E-state index >= 15 is 0 Å². The minimum Gasteiger partial charge on any atom is -0.490 e. The van der Waals surface area contributed by atoms with Gasteiger partial charge in [0.2, 0.25) is 10.0 Å². The number of rotatable bonds is 6. The summed E-state index contributed by atoms with van der Waals surface area (Å²) in [6, 6.07) is 13.3. The Morgan fingerprint density at radius 3 is 2.43 bits per heavy atom. The van der Waals surface area contributed by atoms with E-state index < -0.39 is 10.0 Å². The molecule has 2 aromatic rings. The van der Waals surface area contributed by atoms with E-state index in [1.54, 1.807) is 48.5 Å². The van der Waals surface area contributed by atoms with Gasteiger partial charge in [0.1, 0.15) is 18.1 Å². The van der Waals surface area contributed by atoms with Crippen LogP contribution < -0.4 is 15.2 Å². The first-order valence-electron chi connectivity index (χ1n) is 6.20. The standard InChI is InChI=1S/C14H15ClN2O3S/c15-11-5-7-12(8-6-11)17-21(18,19)10-9-20-14-4-2-1-3-13(14)16/h1-8,17H,9-10,16H2. The molecule has 5 nitrogen and oxygen atoms in total. The molecule has 0 fully saturated rings. The van der Waals surface area contributed by atoms with Gasteiger partial charge in [-0.3, -0.25) is 4.72 Å². The summed E-state index contributed by atoms with van der Waals surface area (Å²) in [4.78, 5) is 0. The summed E-state index contributed by atoms with van der Waals surface area (Å²) in [6.07, 6.45) is 0. The van der Waals surface area contributed by atoms with Crippen LogP contribution in [-0.2, 0) is 10.0 Å². The topological polar surface area (TPSA) is 81.4 Å². The summed E-state index contributed by atoms with van der Waals surface area (Å²) in [5.74, 6) is 0.295. The van der Waals surface area contributed by atoms with Gasteiger partial charge < -0.3 is 10.5 Å². The van der Waals surface area contributed by atoms with Crippen LogP contribution in [0, 0.1) is 0 Å². The van der Waals surface area contributed by atoms with Crippen molar-refractivity contribution in [3.63, 3.8) is 0 Å². The lowest BCUT2D eigenvalue weighted by atomic mass is 10.3. The summed E-state index contributed by atoms with van der Waals surface area (Å²) in [6.45, 7) is 0.0110. The number of benzene rings is 2. The zero-order valence-corrected chi connectivity index (χ0v) is 12.7. The highest BCUT2D eigenvalue weighted by Gasteiger charge is 2.11. The Morgan fingerprint density at radius 2 is 1.76 bits per heavy atom. The fourth-order valence-corrected chi connectivity index (χ4v) is 2.65. The molecule has 0 aliphatic carbocycles. The van der Waals surface area contributed by atoms with Crippen molar-refractivity contribution in [2.75, 3.05) is 22.8 Å². The third-order valence-corrected chi connectivity index (χ3v) is 4.15. The lowest BCUT2D eigenvalue weighted by molar-refractivity contribution is 0.343. The van der Waals surface area contributed by atoms with E-state index in [2.05, 4.69) is 4.72 Å². The fourth-order valence-electron chi connectivity index (χ4n) is 1.62. The van der Waals surface area contributed by atoms with Crippen molar-refractivity contribution in [3.05, 3.63) is 53.6 Å². The zero-order chi connectivity index (χ0) is 15.3. The molecule has 0 amide bonds. The molecule has 21 heavy (non-hydrogen) atoms. The van der Waals surface area contributed by atoms with Crippen LogP contribution in [0.15, 0.2) is 48.5 Å². The van der Waals surface area contributed by atoms with Crippen molar-refractivity contribution >= 4 is 33.0 Å². The number of nitrogen functional groups attached to an aromatic ring is 1. The Balaban J connectivity index is 1.90. The highest BCUT2D eigenvalue weighted by atomic mass is 35.5. The molecule has 7 heteroatoms. The number of hydrogen-bond donors (Lipinski definition) is 2. The van der Waals surface area contributed by atoms with Crippen molar-refractivity contribution in [1.82, 2.24) is 0 Å². The number of nitrogens with one attached hydrogen (secondary N) is 1.